The van der Waals surface area contributed by atoms with E-state index < -0.39 is 0 Å². The molecule has 0 aromatic rings. The molecule has 1 unspecified atom stereocenters. The number of hydrogen-bond donors (Lipinski definition) is 1. The van der Waals surface area contributed by atoms with Crippen LogP contribution in [-0.2, 0) is 0 Å². The van der Waals surface area contributed by atoms with Crippen LogP contribution >= 0.6 is 0 Å². The van der Waals surface area contributed by atoms with Crippen LogP contribution in [0.2, 0.25) is 0 Å². The molecule has 0 bridgehead atoms. The maximum absolute atomic E-state index is 3.72. The highest BCUT2D eigenvalue weighted by atomic mass is 15.2. The van der Waals surface area contributed by atoms with Crippen LogP contribution in [0.1, 0.15) is 39.5 Å². The summed E-state index contributed by atoms with van der Waals surface area (Å²) in [6.07, 6.45) is 7.39. The van der Waals surface area contributed by atoms with E-state index in [0.717, 1.165) is 19.1 Å². The molecule has 0 amide bonds. The van der Waals surface area contributed by atoms with Gasteiger partial charge in [0.2, 0.25) is 0 Å². The fourth-order valence-corrected chi connectivity index (χ4v) is 2.02. The first-order valence-electron chi connectivity index (χ1n) is 6.37. The van der Waals surface area contributed by atoms with E-state index in [2.05, 4.69) is 30.6 Å². The predicted molar refractivity (Wildman–Crippen MR) is 67.2 cm³/mol. The van der Waals surface area contributed by atoms with Gasteiger partial charge in [0.1, 0.15) is 0 Å². The topological polar surface area (TPSA) is 15.3 Å². The van der Waals surface area contributed by atoms with Gasteiger partial charge in [0.25, 0.3) is 0 Å². The number of hydrogen-bond acceptors (Lipinski definition) is 2. The van der Waals surface area contributed by atoms with E-state index in [4.69, 9.17) is 0 Å². The van der Waals surface area contributed by atoms with E-state index >= 15 is 0 Å². The van der Waals surface area contributed by atoms with Crippen molar-refractivity contribution in [3.8, 4) is 0 Å². The summed E-state index contributed by atoms with van der Waals surface area (Å²) in [5.41, 5.74) is 0. The largest absolute Gasteiger partial charge is 0.312 e. The molecule has 2 heteroatoms. The zero-order chi connectivity index (χ0) is 11.1. The molecule has 88 valence electrons. The first kappa shape index (κ1) is 12.7. The fourth-order valence-electron chi connectivity index (χ4n) is 2.02. The Hall–Kier alpha value is -0.340. The predicted octanol–water partition coefficient (Wildman–Crippen LogP) is 2.42. The lowest BCUT2D eigenvalue weighted by Crippen LogP contribution is -2.42. The molecule has 0 aliphatic heterocycles. The molecular weight excluding hydrogens is 184 g/mol. The van der Waals surface area contributed by atoms with Crippen LogP contribution in [0.25, 0.3) is 0 Å². The lowest BCUT2D eigenvalue weighted by molar-refractivity contribution is 0.192. The van der Waals surface area contributed by atoms with Crippen molar-refractivity contribution in [2.45, 2.75) is 51.6 Å². The maximum Gasteiger partial charge on any atom is 0.0195 e. The van der Waals surface area contributed by atoms with Crippen molar-refractivity contribution in [2.75, 3.05) is 19.6 Å². The van der Waals surface area contributed by atoms with E-state index in [1.807, 2.05) is 6.08 Å². The SMILES string of the molecule is C=CCNCC(C)N(CCCC)C1CC1. The molecule has 1 saturated carbocycles. The normalized spacial score (nSPS) is 18.1. The third-order valence-electron chi connectivity index (χ3n) is 3.08. The van der Waals surface area contributed by atoms with Gasteiger partial charge in [-0.2, -0.15) is 0 Å². The summed E-state index contributed by atoms with van der Waals surface area (Å²) < 4.78 is 0. The molecule has 15 heavy (non-hydrogen) atoms. The summed E-state index contributed by atoms with van der Waals surface area (Å²) in [7, 11) is 0. The lowest BCUT2D eigenvalue weighted by atomic mass is 10.2. The van der Waals surface area contributed by atoms with E-state index in [1.54, 1.807) is 0 Å². The van der Waals surface area contributed by atoms with Gasteiger partial charge in [-0.1, -0.05) is 19.4 Å². The highest BCUT2D eigenvalue weighted by Gasteiger charge is 2.31. The molecule has 1 N–H and O–H groups in total. The van der Waals surface area contributed by atoms with Crippen LogP contribution in [0.3, 0.4) is 0 Å². The quantitative estimate of drug-likeness (QED) is 0.464. The monoisotopic (exact) mass is 210 g/mol. The Bertz CT molecular complexity index is 175. The van der Waals surface area contributed by atoms with Gasteiger partial charge in [-0.25, -0.2) is 0 Å². The second-order valence-corrected chi connectivity index (χ2v) is 4.62. The standard InChI is InChI=1S/C13H26N2/c1-4-6-10-15(13-7-8-13)12(3)11-14-9-5-2/h5,12-14H,2,4,6-11H2,1,3H3. The second kappa shape index (κ2) is 7.02. The molecule has 0 aromatic heterocycles. The molecule has 1 aliphatic rings. The van der Waals surface area contributed by atoms with Crippen LogP contribution in [0.15, 0.2) is 12.7 Å². The van der Waals surface area contributed by atoms with E-state index in [9.17, 15) is 0 Å². The summed E-state index contributed by atoms with van der Waals surface area (Å²) >= 11 is 0. The molecule has 0 radical (unpaired) electrons. The van der Waals surface area contributed by atoms with Crippen molar-refractivity contribution in [1.29, 1.82) is 0 Å². The Morgan fingerprint density at radius 2 is 2.27 bits per heavy atom. The van der Waals surface area contributed by atoms with Crippen molar-refractivity contribution >= 4 is 0 Å². The molecule has 1 rings (SSSR count). The van der Waals surface area contributed by atoms with Crippen LogP contribution in [-0.4, -0.2) is 36.6 Å². The molecule has 0 aromatic carbocycles. The van der Waals surface area contributed by atoms with Gasteiger partial charge >= 0.3 is 0 Å². The number of nitrogens with zero attached hydrogens (tertiary/aromatic N) is 1. The van der Waals surface area contributed by atoms with E-state index in [1.165, 1.54) is 32.2 Å². The summed E-state index contributed by atoms with van der Waals surface area (Å²) in [6.45, 7) is 11.6. The van der Waals surface area contributed by atoms with Crippen molar-refractivity contribution in [3.63, 3.8) is 0 Å². The molecule has 0 saturated heterocycles. The minimum absolute atomic E-state index is 0.670. The second-order valence-electron chi connectivity index (χ2n) is 4.62. The minimum Gasteiger partial charge on any atom is -0.312 e. The average Bonchev–Trinajstić information content (AvgIpc) is 3.03. The summed E-state index contributed by atoms with van der Waals surface area (Å²) in [6, 6.07) is 1.56. The number of unbranched alkanes of at least 4 members (excludes halogenated alkanes) is 1. The number of rotatable bonds is 9. The van der Waals surface area contributed by atoms with Gasteiger partial charge in [0.15, 0.2) is 0 Å². The van der Waals surface area contributed by atoms with Crippen LogP contribution < -0.4 is 5.32 Å². The van der Waals surface area contributed by atoms with Gasteiger partial charge in [0.05, 0.1) is 0 Å². The summed E-state index contributed by atoms with van der Waals surface area (Å²) in [4.78, 5) is 2.68. The molecule has 1 atom stereocenters. The summed E-state index contributed by atoms with van der Waals surface area (Å²) in [5, 5.41) is 3.41. The Balaban J connectivity index is 2.23. The summed E-state index contributed by atoms with van der Waals surface area (Å²) in [5.74, 6) is 0. The average molecular weight is 210 g/mol. The fraction of sp³-hybridized carbons (Fsp3) is 0.846. The lowest BCUT2D eigenvalue weighted by Gasteiger charge is -2.29. The van der Waals surface area contributed by atoms with Crippen molar-refractivity contribution in [2.24, 2.45) is 0 Å². The highest BCUT2D eigenvalue weighted by Crippen LogP contribution is 2.28. The molecule has 0 heterocycles. The Morgan fingerprint density at radius 3 is 2.80 bits per heavy atom. The minimum atomic E-state index is 0.670. The van der Waals surface area contributed by atoms with Crippen molar-refractivity contribution in [1.82, 2.24) is 10.2 Å². The van der Waals surface area contributed by atoms with Gasteiger partial charge in [0, 0.05) is 25.2 Å². The van der Waals surface area contributed by atoms with Gasteiger partial charge in [-0.05, 0) is 32.7 Å². The Kier molecular flexibility index (Phi) is 5.96. The van der Waals surface area contributed by atoms with E-state index in [-0.39, 0.29) is 0 Å². The van der Waals surface area contributed by atoms with E-state index in [0.29, 0.717) is 6.04 Å². The maximum atomic E-state index is 3.72. The van der Waals surface area contributed by atoms with Gasteiger partial charge in [-0.15, -0.1) is 6.58 Å². The van der Waals surface area contributed by atoms with Crippen molar-refractivity contribution < 1.29 is 0 Å². The van der Waals surface area contributed by atoms with Crippen LogP contribution in [0, 0.1) is 0 Å². The first-order chi connectivity index (χ1) is 7.29. The van der Waals surface area contributed by atoms with Crippen LogP contribution in [0.5, 0.6) is 0 Å². The highest BCUT2D eigenvalue weighted by molar-refractivity contribution is 4.88. The van der Waals surface area contributed by atoms with Crippen LogP contribution in [0.4, 0.5) is 0 Å². The number of nitrogens with one attached hydrogen (secondary N) is 1. The third-order valence-corrected chi connectivity index (χ3v) is 3.08. The first-order valence-corrected chi connectivity index (χ1v) is 6.37. The smallest absolute Gasteiger partial charge is 0.0195 e. The van der Waals surface area contributed by atoms with Crippen molar-refractivity contribution in [3.05, 3.63) is 12.7 Å². The third kappa shape index (κ3) is 4.80. The Morgan fingerprint density at radius 1 is 1.53 bits per heavy atom. The molecular formula is C13H26N2. The zero-order valence-corrected chi connectivity index (χ0v) is 10.3. The molecule has 0 spiro atoms. The molecule has 1 fully saturated rings. The van der Waals surface area contributed by atoms with Gasteiger partial charge < -0.3 is 5.32 Å². The Labute approximate surface area is 94.7 Å². The molecule has 1 aliphatic carbocycles. The molecule has 2 nitrogen and oxygen atoms in total. The zero-order valence-electron chi connectivity index (χ0n) is 10.3. The van der Waals surface area contributed by atoms with Gasteiger partial charge in [-0.3, -0.25) is 4.90 Å².